The molecule has 3 nitrogen and oxygen atoms in total. The van der Waals surface area contributed by atoms with Crippen molar-refractivity contribution in [2.75, 3.05) is 13.2 Å². The zero-order valence-corrected chi connectivity index (χ0v) is 10.7. The number of benzene rings is 1. The highest BCUT2D eigenvalue weighted by Crippen LogP contribution is 2.21. The molecular weight excluding hydrogens is 250 g/mol. The Hall–Kier alpha value is -1.32. The number of Topliss-reactive ketones (excluding diaryl/α,β-unsaturated/α-hetero) is 1. The molecule has 0 N–H and O–H groups in total. The van der Waals surface area contributed by atoms with E-state index in [0.29, 0.717) is 19.8 Å². The average Bonchev–Trinajstić information content (AvgIpc) is 2.98. The molecule has 1 aliphatic rings. The predicted molar refractivity (Wildman–Crippen MR) is 70.9 cm³/mol. The lowest BCUT2D eigenvalue weighted by Crippen LogP contribution is -2.19. The monoisotopic (exact) mass is 263 g/mol. The maximum absolute atomic E-state index is 12.1. The van der Waals surface area contributed by atoms with E-state index in [-0.39, 0.29) is 11.7 Å². The van der Waals surface area contributed by atoms with Gasteiger partial charge in [-0.05, 0) is 30.7 Å². The first kappa shape index (κ1) is 11.8. The van der Waals surface area contributed by atoms with Crippen molar-refractivity contribution in [2.24, 2.45) is 5.92 Å². The summed E-state index contributed by atoms with van der Waals surface area (Å²) in [6.07, 6.45) is 2.79. The van der Waals surface area contributed by atoms with Crippen molar-refractivity contribution >= 4 is 28.3 Å². The van der Waals surface area contributed by atoms with Gasteiger partial charge in [0.25, 0.3) is 0 Å². The number of halogens is 1. The van der Waals surface area contributed by atoms with Crippen molar-refractivity contribution in [3.05, 3.63) is 35.5 Å². The number of aromatic nitrogens is 1. The lowest BCUT2D eigenvalue weighted by molar-refractivity contribution is -0.123. The molecule has 94 valence electrons. The number of carbonyl (C=O) groups excluding carboxylic acids is 1. The quantitative estimate of drug-likeness (QED) is 0.853. The molecule has 0 radical (unpaired) electrons. The molecule has 1 aromatic carbocycles. The van der Waals surface area contributed by atoms with Crippen molar-refractivity contribution in [3.63, 3.8) is 0 Å². The number of hydrogen-bond acceptors (Lipinski definition) is 2. The van der Waals surface area contributed by atoms with Gasteiger partial charge in [-0.15, -0.1) is 0 Å². The van der Waals surface area contributed by atoms with E-state index in [9.17, 15) is 4.79 Å². The molecule has 2 heterocycles. The van der Waals surface area contributed by atoms with E-state index < -0.39 is 0 Å². The molecular formula is C14H14ClNO2. The summed E-state index contributed by atoms with van der Waals surface area (Å²) in [5, 5.41) is 1.79. The number of hydrogen-bond donors (Lipinski definition) is 0. The van der Waals surface area contributed by atoms with E-state index in [2.05, 4.69) is 0 Å². The van der Waals surface area contributed by atoms with Gasteiger partial charge in [0.15, 0.2) is 5.78 Å². The summed E-state index contributed by atoms with van der Waals surface area (Å²) in [5.41, 5.74) is 1.05. The third kappa shape index (κ3) is 2.16. The first-order valence-corrected chi connectivity index (χ1v) is 6.47. The molecule has 1 aromatic heterocycles. The Morgan fingerprint density at radius 1 is 1.44 bits per heavy atom. The van der Waals surface area contributed by atoms with Crippen LogP contribution in [-0.2, 0) is 16.1 Å². The summed E-state index contributed by atoms with van der Waals surface area (Å²) in [5.74, 6) is 0.315. The van der Waals surface area contributed by atoms with E-state index in [1.165, 1.54) is 0 Å². The molecule has 0 aliphatic carbocycles. The van der Waals surface area contributed by atoms with Crippen LogP contribution in [0.1, 0.15) is 6.42 Å². The number of nitrogens with zero attached hydrogens (tertiary/aromatic N) is 1. The van der Waals surface area contributed by atoms with Crippen LogP contribution in [0.25, 0.3) is 10.9 Å². The number of rotatable bonds is 3. The van der Waals surface area contributed by atoms with Gasteiger partial charge >= 0.3 is 0 Å². The standard InChI is InChI=1S/C14H14ClNO2/c15-12-1-2-13-10(7-12)3-5-16(13)8-14(17)11-4-6-18-9-11/h1-3,5,7,11H,4,6,8-9H2. The van der Waals surface area contributed by atoms with Crippen LogP contribution in [0.4, 0.5) is 0 Å². The third-order valence-electron chi connectivity index (χ3n) is 3.44. The van der Waals surface area contributed by atoms with E-state index in [0.717, 1.165) is 22.3 Å². The fourth-order valence-corrected chi connectivity index (χ4v) is 2.57. The van der Waals surface area contributed by atoms with Gasteiger partial charge < -0.3 is 9.30 Å². The van der Waals surface area contributed by atoms with Gasteiger partial charge in [0, 0.05) is 34.6 Å². The van der Waals surface area contributed by atoms with Crippen LogP contribution in [-0.4, -0.2) is 23.6 Å². The first-order valence-electron chi connectivity index (χ1n) is 6.09. The second-order valence-corrected chi connectivity index (χ2v) is 5.11. The molecule has 3 rings (SSSR count). The van der Waals surface area contributed by atoms with Crippen molar-refractivity contribution in [3.8, 4) is 0 Å². The fraction of sp³-hybridized carbons (Fsp3) is 0.357. The average molecular weight is 264 g/mol. The first-order chi connectivity index (χ1) is 8.74. The molecule has 1 fully saturated rings. The molecule has 1 aliphatic heterocycles. The van der Waals surface area contributed by atoms with Crippen LogP contribution in [0.5, 0.6) is 0 Å². The largest absolute Gasteiger partial charge is 0.381 e. The Morgan fingerprint density at radius 3 is 3.11 bits per heavy atom. The summed E-state index contributed by atoms with van der Waals surface area (Å²) in [7, 11) is 0. The molecule has 1 atom stereocenters. The number of fused-ring (bicyclic) bond motifs is 1. The lowest BCUT2D eigenvalue weighted by atomic mass is 10.0. The lowest BCUT2D eigenvalue weighted by Gasteiger charge is -2.08. The topological polar surface area (TPSA) is 31.2 Å². The molecule has 18 heavy (non-hydrogen) atoms. The van der Waals surface area contributed by atoms with Crippen molar-refractivity contribution in [1.29, 1.82) is 0 Å². The zero-order chi connectivity index (χ0) is 12.5. The van der Waals surface area contributed by atoms with Gasteiger partial charge in [0.05, 0.1) is 13.2 Å². The summed E-state index contributed by atoms with van der Waals surface area (Å²) >= 11 is 5.94. The molecule has 0 bridgehead atoms. The Kier molecular flexibility index (Phi) is 3.10. The number of ether oxygens (including phenoxy) is 1. The Balaban J connectivity index is 1.84. The highest BCUT2D eigenvalue weighted by atomic mass is 35.5. The van der Waals surface area contributed by atoms with Crippen LogP contribution < -0.4 is 0 Å². The van der Waals surface area contributed by atoms with Crippen molar-refractivity contribution in [1.82, 2.24) is 4.57 Å². The summed E-state index contributed by atoms with van der Waals surface area (Å²) in [4.78, 5) is 12.1. The zero-order valence-electron chi connectivity index (χ0n) is 9.93. The maximum Gasteiger partial charge on any atom is 0.157 e. The Morgan fingerprint density at radius 2 is 2.33 bits per heavy atom. The van der Waals surface area contributed by atoms with Gasteiger partial charge in [-0.2, -0.15) is 0 Å². The van der Waals surface area contributed by atoms with Crippen LogP contribution in [0.15, 0.2) is 30.5 Å². The van der Waals surface area contributed by atoms with Crippen LogP contribution in [0.3, 0.4) is 0 Å². The minimum atomic E-state index is 0.0646. The highest BCUT2D eigenvalue weighted by Gasteiger charge is 2.23. The van der Waals surface area contributed by atoms with Gasteiger partial charge in [0.1, 0.15) is 0 Å². The molecule has 4 heteroatoms. The van der Waals surface area contributed by atoms with E-state index in [1.807, 2.05) is 35.0 Å². The van der Waals surface area contributed by atoms with Crippen molar-refractivity contribution < 1.29 is 9.53 Å². The van der Waals surface area contributed by atoms with Crippen LogP contribution in [0.2, 0.25) is 5.02 Å². The van der Waals surface area contributed by atoms with Gasteiger partial charge in [-0.1, -0.05) is 11.6 Å². The Labute approximate surface area is 110 Å². The van der Waals surface area contributed by atoms with E-state index in [1.54, 1.807) is 0 Å². The second-order valence-electron chi connectivity index (χ2n) is 4.67. The molecule has 0 spiro atoms. The highest BCUT2D eigenvalue weighted by molar-refractivity contribution is 6.31. The van der Waals surface area contributed by atoms with Crippen LogP contribution >= 0.6 is 11.6 Å². The molecule has 1 saturated heterocycles. The molecule has 2 aromatic rings. The normalized spacial score (nSPS) is 19.5. The summed E-state index contributed by atoms with van der Waals surface area (Å²) in [6, 6.07) is 7.70. The Bertz CT molecular complexity index is 584. The van der Waals surface area contributed by atoms with Gasteiger partial charge in [-0.25, -0.2) is 0 Å². The SMILES string of the molecule is O=C(Cn1ccc2cc(Cl)ccc21)C1CCOC1. The predicted octanol–water partition coefficient (Wildman–Crippen LogP) is 2.90. The third-order valence-corrected chi connectivity index (χ3v) is 3.68. The summed E-state index contributed by atoms with van der Waals surface area (Å²) < 4.78 is 7.23. The van der Waals surface area contributed by atoms with Crippen LogP contribution in [0, 0.1) is 5.92 Å². The summed E-state index contributed by atoms with van der Waals surface area (Å²) in [6.45, 7) is 1.70. The smallest absolute Gasteiger partial charge is 0.157 e. The number of ketones is 1. The molecule has 0 amide bonds. The van der Waals surface area contributed by atoms with E-state index >= 15 is 0 Å². The van der Waals surface area contributed by atoms with Crippen molar-refractivity contribution in [2.45, 2.75) is 13.0 Å². The fourth-order valence-electron chi connectivity index (χ4n) is 2.39. The van der Waals surface area contributed by atoms with Gasteiger partial charge in [-0.3, -0.25) is 4.79 Å². The molecule has 0 saturated carbocycles. The maximum atomic E-state index is 12.1. The van der Waals surface area contributed by atoms with E-state index in [4.69, 9.17) is 16.3 Å². The number of carbonyl (C=O) groups is 1. The minimum absolute atomic E-state index is 0.0646. The minimum Gasteiger partial charge on any atom is -0.381 e. The second kappa shape index (κ2) is 4.75. The van der Waals surface area contributed by atoms with Gasteiger partial charge in [0.2, 0.25) is 0 Å². The molecule has 1 unspecified atom stereocenters.